The summed E-state index contributed by atoms with van der Waals surface area (Å²) in [6.45, 7) is 20.9. The van der Waals surface area contributed by atoms with Crippen LogP contribution in [0.2, 0.25) is 36.3 Å². The van der Waals surface area contributed by atoms with Crippen molar-refractivity contribution in [2.24, 2.45) is 17.3 Å². The second-order valence-corrected chi connectivity index (χ2v) is 22.0. The average Bonchev–Trinajstić information content (AvgIpc) is 3.21. The Hall–Kier alpha value is -0.0262. The van der Waals surface area contributed by atoms with Gasteiger partial charge in [0.25, 0.3) is 5.97 Å². The minimum atomic E-state index is -1.67. The average molecular weight is 555 g/mol. The quantitative estimate of drug-likeness (QED) is 0.109. The number of ether oxygens (including phenoxy) is 3. The lowest BCUT2D eigenvalue weighted by molar-refractivity contribution is -0.467. The number of unbranched alkanes of at least 4 members (excludes halogenated alkanes) is 1. The Balaban J connectivity index is 1.59. The van der Waals surface area contributed by atoms with E-state index in [1.165, 1.54) is 36.3 Å². The van der Waals surface area contributed by atoms with Crippen LogP contribution >= 0.6 is 0 Å². The second-order valence-electron chi connectivity index (χ2n) is 12.5. The van der Waals surface area contributed by atoms with Crippen LogP contribution in [0.5, 0.6) is 0 Å². The van der Waals surface area contributed by atoms with Crippen molar-refractivity contribution in [1.82, 2.24) is 0 Å². The van der Waals surface area contributed by atoms with Crippen LogP contribution < -0.4 is 0 Å². The van der Waals surface area contributed by atoms with Crippen LogP contribution in [0.25, 0.3) is 0 Å². The Kier molecular flexibility index (Phi) is 11.5. The summed E-state index contributed by atoms with van der Waals surface area (Å²) >= 11 is 0. The third kappa shape index (κ3) is 7.39. The van der Waals surface area contributed by atoms with Gasteiger partial charge in [-0.3, -0.25) is 0 Å². The molecule has 4 atom stereocenters. The predicted molar refractivity (Wildman–Crippen MR) is 158 cm³/mol. The van der Waals surface area contributed by atoms with E-state index in [9.17, 15) is 0 Å². The Bertz CT molecular complexity index is 680. The summed E-state index contributed by atoms with van der Waals surface area (Å²) in [5.41, 5.74) is 0.0289. The van der Waals surface area contributed by atoms with Gasteiger partial charge >= 0.3 is 0 Å². The molecule has 0 radical (unpaired) electrons. The van der Waals surface area contributed by atoms with Gasteiger partial charge in [-0.2, -0.15) is 0 Å². The smallest absolute Gasteiger partial charge is 0.282 e. The lowest BCUT2D eigenvalue weighted by Crippen LogP contribution is -2.58. The van der Waals surface area contributed by atoms with Gasteiger partial charge in [0.2, 0.25) is 0 Å². The third-order valence-electron chi connectivity index (χ3n) is 10.2. The van der Waals surface area contributed by atoms with E-state index in [1.54, 1.807) is 0 Å². The van der Waals surface area contributed by atoms with Crippen molar-refractivity contribution in [3.05, 3.63) is 12.2 Å². The summed E-state index contributed by atoms with van der Waals surface area (Å²) in [5, 5.41) is 0. The maximum absolute atomic E-state index is 7.16. The third-order valence-corrected chi connectivity index (χ3v) is 19.6. The molecule has 4 rings (SSSR count). The van der Waals surface area contributed by atoms with Gasteiger partial charge in [-0.1, -0.05) is 67.5 Å². The molecule has 0 aromatic carbocycles. The molecule has 37 heavy (non-hydrogen) atoms. The van der Waals surface area contributed by atoms with Gasteiger partial charge in [-0.05, 0) is 73.8 Å². The van der Waals surface area contributed by atoms with Crippen molar-refractivity contribution in [1.29, 1.82) is 0 Å². The highest BCUT2D eigenvalue weighted by atomic mass is 28.4. The molecule has 7 heteroatoms. The fourth-order valence-electron chi connectivity index (χ4n) is 6.66. The van der Waals surface area contributed by atoms with Crippen LogP contribution in [0.3, 0.4) is 0 Å². The van der Waals surface area contributed by atoms with Gasteiger partial charge in [0.05, 0.1) is 32.0 Å². The van der Waals surface area contributed by atoms with Gasteiger partial charge in [0, 0.05) is 11.8 Å². The summed E-state index contributed by atoms with van der Waals surface area (Å²) in [6.07, 6.45) is 10.4. The van der Waals surface area contributed by atoms with E-state index in [4.69, 9.17) is 23.1 Å². The van der Waals surface area contributed by atoms with Gasteiger partial charge in [-0.15, -0.1) is 0 Å². The summed E-state index contributed by atoms with van der Waals surface area (Å²) in [4.78, 5) is 0. The molecule has 4 aliphatic rings. The van der Waals surface area contributed by atoms with Crippen LogP contribution in [0.4, 0.5) is 0 Å². The van der Waals surface area contributed by atoms with Crippen LogP contribution in [0, 0.1) is 17.3 Å². The Morgan fingerprint density at radius 1 is 0.757 bits per heavy atom. The maximum Gasteiger partial charge on any atom is 0.282 e. The van der Waals surface area contributed by atoms with Crippen molar-refractivity contribution in [2.75, 3.05) is 19.8 Å². The fraction of sp³-hybridized carbons (Fsp3) is 0.933. The van der Waals surface area contributed by atoms with Crippen molar-refractivity contribution in [3.8, 4) is 0 Å². The van der Waals surface area contributed by atoms with Gasteiger partial charge < -0.3 is 23.1 Å². The van der Waals surface area contributed by atoms with Crippen LogP contribution in [-0.2, 0) is 23.1 Å². The molecular weight excluding hydrogens is 496 g/mol. The zero-order chi connectivity index (χ0) is 27.2. The van der Waals surface area contributed by atoms with Gasteiger partial charge in [0.1, 0.15) is 0 Å². The lowest BCUT2D eigenvalue weighted by atomic mass is 9.91. The highest BCUT2D eigenvalue weighted by Gasteiger charge is 2.50. The molecule has 0 spiro atoms. The standard InChI is InChI=1S/C30H58O5Si2/c1-9-36(10-2,11-3)34-27-21-28(35-37(12-4,13-5)14-6)26(25(27)7)19-17-15-16-18-20-30-31-22-29(8,23-32-30)24-33-30/h15,17,25-28H,9-14,16,18-24H2,1-8H3/b17-15-/t25-,26-,27-,28+,29?,30?/m1/s1. The summed E-state index contributed by atoms with van der Waals surface area (Å²) < 4.78 is 32.1. The number of allylic oxidation sites excluding steroid dienone is 2. The number of fused-ring (bicyclic) bond motifs is 3. The highest BCUT2D eigenvalue weighted by molar-refractivity contribution is 6.74. The molecule has 3 aliphatic heterocycles. The monoisotopic (exact) mass is 554 g/mol. The van der Waals surface area contributed by atoms with Crippen molar-refractivity contribution in [2.45, 2.75) is 142 Å². The first-order valence-electron chi connectivity index (χ1n) is 15.6. The van der Waals surface area contributed by atoms with Gasteiger partial charge in [-0.25, -0.2) is 0 Å². The molecule has 0 aromatic heterocycles. The molecule has 2 bridgehead atoms. The molecule has 4 fully saturated rings. The van der Waals surface area contributed by atoms with Crippen LogP contribution in [0.1, 0.15) is 87.5 Å². The molecule has 0 amide bonds. The first kappa shape index (κ1) is 31.5. The molecule has 3 saturated heterocycles. The first-order valence-corrected chi connectivity index (χ1v) is 20.6. The molecule has 0 aromatic rings. The molecule has 5 nitrogen and oxygen atoms in total. The largest absolute Gasteiger partial charge is 0.414 e. The summed E-state index contributed by atoms with van der Waals surface area (Å²) in [6, 6.07) is 7.29. The normalized spacial score (nSPS) is 34.6. The lowest BCUT2D eigenvalue weighted by Gasteiger charge is -2.50. The fourth-order valence-corrected chi connectivity index (χ4v) is 12.5. The number of hydrogen-bond acceptors (Lipinski definition) is 5. The molecule has 216 valence electrons. The van der Waals surface area contributed by atoms with E-state index in [2.05, 4.69) is 67.5 Å². The topological polar surface area (TPSA) is 46.2 Å². The summed E-state index contributed by atoms with van der Waals surface area (Å²) in [5.74, 6) is 0.284. The van der Waals surface area contributed by atoms with E-state index in [1.807, 2.05) is 0 Å². The van der Waals surface area contributed by atoms with E-state index >= 15 is 0 Å². The van der Waals surface area contributed by atoms with Gasteiger partial charge in [0.15, 0.2) is 16.6 Å². The van der Waals surface area contributed by atoms with Crippen molar-refractivity contribution in [3.63, 3.8) is 0 Å². The number of hydrogen-bond donors (Lipinski definition) is 0. The first-order chi connectivity index (χ1) is 17.7. The number of rotatable bonds is 16. The van der Waals surface area contributed by atoms with E-state index in [-0.39, 0.29) is 5.41 Å². The van der Waals surface area contributed by atoms with Crippen molar-refractivity contribution < 1.29 is 23.1 Å². The second kappa shape index (κ2) is 13.6. The molecule has 0 N–H and O–H groups in total. The maximum atomic E-state index is 7.16. The predicted octanol–water partition coefficient (Wildman–Crippen LogP) is 8.28. The molecule has 3 heterocycles. The van der Waals surface area contributed by atoms with Crippen LogP contribution in [-0.4, -0.2) is 54.6 Å². The summed E-state index contributed by atoms with van der Waals surface area (Å²) in [7, 11) is -3.31. The zero-order valence-corrected chi connectivity index (χ0v) is 27.4. The zero-order valence-electron chi connectivity index (χ0n) is 25.4. The van der Waals surface area contributed by atoms with Crippen LogP contribution in [0.15, 0.2) is 12.2 Å². The Morgan fingerprint density at radius 2 is 1.24 bits per heavy atom. The Morgan fingerprint density at radius 3 is 1.73 bits per heavy atom. The van der Waals surface area contributed by atoms with E-state index < -0.39 is 22.6 Å². The minimum Gasteiger partial charge on any atom is -0.414 e. The minimum absolute atomic E-state index is 0.0289. The van der Waals surface area contributed by atoms with Crippen molar-refractivity contribution >= 4 is 16.6 Å². The molecule has 1 aliphatic carbocycles. The van der Waals surface area contributed by atoms with E-state index in [0.717, 1.165) is 51.9 Å². The SMILES string of the molecule is CC[Si](CC)(CC)O[C@H]1C[C@@H](O[Si](CC)(CC)CC)[C@H](C)[C@H]1C/C=C\CCCC12OCC(C)(CO1)CO2. The molecule has 0 unspecified atom stereocenters. The molecular formula is C30H58O5Si2. The highest BCUT2D eigenvalue weighted by Crippen LogP contribution is 2.44. The molecule has 1 saturated carbocycles. The van der Waals surface area contributed by atoms with E-state index in [0.29, 0.717) is 24.0 Å². The Labute approximate surface area is 230 Å².